The normalized spacial score (nSPS) is 20.5. The Morgan fingerprint density at radius 3 is 2.00 bits per heavy atom. The second-order valence-electron chi connectivity index (χ2n) is 4.92. The first-order valence-electron chi connectivity index (χ1n) is 5.70. The largest absolute Gasteiger partial charge is 0.305 e. The zero-order chi connectivity index (χ0) is 10.5. The van der Waals surface area contributed by atoms with Gasteiger partial charge in [-0.3, -0.25) is 0 Å². The summed E-state index contributed by atoms with van der Waals surface area (Å²) in [5.74, 6) is 0.873. The Labute approximate surface area is 84.5 Å². The Bertz CT molecular complexity index is 123. The van der Waals surface area contributed by atoms with E-state index in [1.165, 1.54) is 25.9 Å². The smallest absolute Gasteiger partial charge is 0.00448 e. The standard InChI is InChI=1S/C10H21N.C2H6/c1-9(2)5-6-10(3)7-11(4)8-10;1-2/h9H,5-8H2,1-4H3;1-2H3. The predicted molar refractivity (Wildman–Crippen MR) is 61.0 cm³/mol. The molecule has 1 fully saturated rings. The Kier molecular flexibility index (Phi) is 5.62. The Morgan fingerprint density at radius 2 is 1.69 bits per heavy atom. The zero-order valence-electron chi connectivity index (χ0n) is 10.4. The molecule has 0 N–H and O–H groups in total. The third-order valence-electron chi connectivity index (χ3n) is 2.63. The maximum atomic E-state index is 2.41. The van der Waals surface area contributed by atoms with E-state index in [0.29, 0.717) is 5.41 Å². The predicted octanol–water partition coefficient (Wildman–Crippen LogP) is 3.40. The molecule has 0 aromatic heterocycles. The van der Waals surface area contributed by atoms with Crippen LogP contribution in [0.1, 0.15) is 47.5 Å². The van der Waals surface area contributed by atoms with Crippen molar-refractivity contribution in [2.75, 3.05) is 20.1 Å². The van der Waals surface area contributed by atoms with Gasteiger partial charge in [-0.1, -0.05) is 41.0 Å². The van der Waals surface area contributed by atoms with Crippen LogP contribution in [0.3, 0.4) is 0 Å². The van der Waals surface area contributed by atoms with Gasteiger partial charge in [0.1, 0.15) is 0 Å². The van der Waals surface area contributed by atoms with Crippen LogP contribution in [-0.4, -0.2) is 25.0 Å². The molecule has 80 valence electrons. The maximum Gasteiger partial charge on any atom is 0.00448 e. The van der Waals surface area contributed by atoms with E-state index < -0.39 is 0 Å². The van der Waals surface area contributed by atoms with Gasteiger partial charge in [0, 0.05) is 13.1 Å². The highest BCUT2D eigenvalue weighted by Crippen LogP contribution is 2.34. The molecule has 1 nitrogen and oxygen atoms in total. The van der Waals surface area contributed by atoms with E-state index in [1.807, 2.05) is 13.8 Å². The van der Waals surface area contributed by atoms with Crippen molar-refractivity contribution in [3.8, 4) is 0 Å². The van der Waals surface area contributed by atoms with Gasteiger partial charge in [0.05, 0.1) is 0 Å². The van der Waals surface area contributed by atoms with Gasteiger partial charge in [-0.05, 0) is 24.8 Å². The van der Waals surface area contributed by atoms with Gasteiger partial charge in [-0.15, -0.1) is 0 Å². The highest BCUT2D eigenvalue weighted by atomic mass is 15.2. The van der Waals surface area contributed by atoms with Gasteiger partial charge in [0.25, 0.3) is 0 Å². The number of rotatable bonds is 3. The number of hydrogen-bond acceptors (Lipinski definition) is 1. The summed E-state index contributed by atoms with van der Waals surface area (Å²) in [5.41, 5.74) is 0.652. The molecule has 0 unspecified atom stereocenters. The Morgan fingerprint density at radius 1 is 1.23 bits per heavy atom. The molecule has 0 aromatic carbocycles. The summed E-state index contributed by atoms with van der Waals surface area (Å²) in [5, 5.41) is 0. The Balaban J connectivity index is 0.000000671. The van der Waals surface area contributed by atoms with Crippen LogP contribution < -0.4 is 0 Å². The molecule has 1 heteroatoms. The van der Waals surface area contributed by atoms with Gasteiger partial charge < -0.3 is 4.90 Å². The average Bonchev–Trinajstić information content (AvgIpc) is 2.02. The van der Waals surface area contributed by atoms with Gasteiger partial charge in [0.2, 0.25) is 0 Å². The first-order chi connectivity index (χ1) is 6.02. The zero-order valence-corrected chi connectivity index (χ0v) is 10.4. The van der Waals surface area contributed by atoms with E-state index in [1.54, 1.807) is 0 Å². The molecule has 0 aromatic rings. The van der Waals surface area contributed by atoms with E-state index in [-0.39, 0.29) is 0 Å². The van der Waals surface area contributed by atoms with Crippen LogP contribution in [0.5, 0.6) is 0 Å². The first-order valence-corrected chi connectivity index (χ1v) is 5.70. The molecule has 0 saturated carbocycles. The van der Waals surface area contributed by atoms with Crippen LogP contribution in [0.15, 0.2) is 0 Å². The molecule has 1 saturated heterocycles. The van der Waals surface area contributed by atoms with Crippen molar-refractivity contribution in [1.29, 1.82) is 0 Å². The van der Waals surface area contributed by atoms with Crippen molar-refractivity contribution in [1.82, 2.24) is 4.90 Å². The summed E-state index contributed by atoms with van der Waals surface area (Å²) in [6.45, 7) is 13.6. The van der Waals surface area contributed by atoms with Crippen LogP contribution >= 0.6 is 0 Å². The van der Waals surface area contributed by atoms with E-state index in [4.69, 9.17) is 0 Å². The highest BCUT2D eigenvalue weighted by Gasteiger charge is 2.35. The van der Waals surface area contributed by atoms with Gasteiger partial charge in [0.15, 0.2) is 0 Å². The van der Waals surface area contributed by atoms with E-state index >= 15 is 0 Å². The SMILES string of the molecule is CC.CC(C)CCC1(C)CN(C)C1. The lowest BCUT2D eigenvalue weighted by molar-refractivity contribution is 0.0272. The van der Waals surface area contributed by atoms with E-state index in [2.05, 4.69) is 32.7 Å². The molecule has 0 bridgehead atoms. The van der Waals surface area contributed by atoms with Crippen molar-refractivity contribution in [3.63, 3.8) is 0 Å². The summed E-state index contributed by atoms with van der Waals surface area (Å²) in [6, 6.07) is 0. The minimum absolute atomic E-state index is 0.652. The van der Waals surface area contributed by atoms with Crippen LogP contribution in [0.2, 0.25) is 0 Å². The van der Waals surface area contributed by atoms with Gasteiger partial charge in [-0.25, -0.2) is 0 Å². The van der Waals surface area contributed by atoms with Crippen molar-refractivity contribution in [2.24, 2.45) is 11.3 Å². The first kappa shape index (κ1) is 13.0. The summed E-state index contributed by atoms with van der Waals surface area (Å²) in [7, 11) is 2.21. The fourth-order valence-electron chi connectivity index (χ4n) is 2.05. The van der Waals surface area contributed by atoms with E-state index in [0.717, 1.165) is 5.92 Å². The lowest BCUT2D eigenvalue weighted by atomic mass is 9.77. The number of hydrogen-bond donors (Lipinski definition) is 0. The molecule has 1 aliphatic heterocycles. The summed E-state index contributed by atoms with van der Waals surface area (Å²) in [6.07, 6.45) is 2.80. The minimum Gasteiger partial charge on any atom is -0.305 e. The van der Waals surface area contributed by atoms with Gasteiger partial charge >= 0.3 is 0 Å². The average molecular weight is 185 g/mol. The molecule has 13 heavy (non-hydrogen) atoms. The van der Waals surface area contributed by atoms with Crippen LogP contribution in [-0.2, 0) is 0 Å². The molecular weight excluding hydrogens is 158 g/mol. The lowest BCUT2D eigenvalue weighted by Crippen LogP contribution is -2.52. The fourth-order valence-corrected chi connectivity index (χ4v) is 2.05. The molecule has 0 radical (unpaired) electrons. The molecule has 0 amide bonds. The lowest BCUT2D eigenvalue weighted by Gasteiger charge is -2.46. The minimum atomic E-state index is 0.652. The Hall–Kier alpha value is -0.0400. The third kappa shape index (κ3) is 4.66. The van der Waals surface area contributed by atoms with Gasteiger partial charge in [-0.2, -0.15) is 0 Å². The van der Waals surface area contributed by atoms with Crippen LogP contribution in [0, 0.1) is 11.3 Å². The van der Waals surface area contributed by atoms with Crippen LogP contribution in [0.4, 0.5) is 0 Å². The van der Waals surface area contributed by atoms with Crippen molar-refractivity contribution >= 4 is 0 Å². The molecule has 0 atom stereocenters. The molecule has 1 heterocycles. The maximum absolute atomic E-state index is 2.41. The fraction of sp³-hybridized carbons (Fsp3) is 1.00. The van der Waals surface area contributed by atoms with Crippen molar-refractivity contribution in [3.05, 3.63) is 0 Å². The number of likely N-dealkylation sites (tertiary alicyclic amines) is 1. The summed E-state index contributed by atoms with van der Waals surface area (Å²) in [4.78, 5) is 2.40. The quantitative estimate of drug-likeness (QED) is 0.651. The molecule has 0 spiro atoms. The third-order valence-corrected chi connectivity index (χ3v) is 2.63. The summed E-state index contributed by atoms with van der Waals surface area (Å²) < 4.78 is 0. The number of nitrogens with zero attached hydrogens (tertiary/aromatic N) is 1. The topological polar surface area (TPSA) is 3.24 Å². The second kappa shape index (κ2) is 5.64. The molecule has 1 rings (SSSR count). The summed E-state index contributed by atoms with van der Waals surface area (Å²) >= 11 is 0. The molecule has 1 aliphatic rings. The van der Waals surface area contributed by atoms with E-state index in [9.17, 15) is 0 Å². The van der Waals surface area contributed by atoms with Crippen LogP contribution in [0.25, 0.3) is 0 Å². The van der Waals surface area contributed by atoms with Crippen molar-refractivity contribution < 1.29 is 0 Å². The monoisotopic (exact) mass is 185 g/mol. The molecule has 0 aliphatic carbocycles. The van der Waals surface area contributed by atoms with Crippen molar-refractivity contribution in [2.45, 2.75) is 47.5 Å². The second-order valence-corrected chi connectivity index (χ2v) is 4.92. The highest BCUT2D eigenvalue weighted by molar-refractivity contribution is 4.89. The molecular formula is C12H27N.